The van der Waals surface area contributed by atoms with E-state index in [1.54, 1.807) is 0 Å². The van der Waals surface area contributed by atoms with Gasteiger partial charge in [-0.3, -0.25) is 4.90 Å². The molecule has 0 spiro atoms. The van der Waals surface area contributed by atoms with E-state index in [1.807, 2.05) is 4.90 Å². The monoisotopic (exact) mass is 389 g/mol. The first-order valence-corrected chi connectivity index (χ1v) is 9.16. The topological polar surface area (TPSA) is 71.4 Å². The maximum atomic E-state index is 13.2. The largest absolute Gasteiger partial charge is 0.490 e. The van der Waals surface area contributed by atoms with E-state index >= 15 is 0 Å². The first-order chi connectivity index (χ1) is 12.4. The summed E-state index contributed by atoms with van der Waals surface area (Å²) in [5.74, 6) is -0.143. The maximum absolute atomic E-state index is 13.2. The zero-order chi connectivity index (χ0) is 18.6. The molecule has 26 heavy (non-hydrogen) atoms. The Labute approximate surface area is 157 Å². The molecule has 0 amide bonds. The highest BCUT2D eigenvalue weighted by Gasteiger charge is 2.38. The molecule has 0 bridgehead atoms. The number of β-amino-alcohol motifs (C(OH)–C–C–N with tert-alkyl or cyclic N) is 2. The summed E-state index contributed by atoms with van der Waals surface area (Å²) in [6, 6.07) is 4.06. The Kier molecular flexibility index (Phi) is 6.37. The van der Waals surface area contributed by atoms with Crippen molar-refractivity contribution >= 4 is 11.6 Å². The molecule has 2 aliphatic rings. The number of halogens is 2. The average Bonchev–Trinajstić information content (AvgIpc) is 2.78. The zero-order valence-corrected chi connectivity index (χ0v) is 15.4. The van der Waals surface area contributed by atoms with Gasteiger partial charge in [0.05, 0.1) is 23.8 Å². The third-order valence-electron chi connectivity index (χ3n) is 4.78. The van der Waals surface area contributed by atoms with Crippen LogP contribution in [0.4, 0.5) is 4.39 Å². The quantitative estimate of drug-likeness (QED) is 0.794. The van der Waals surface area contributed by atoms with Gasteiger partial charge < -0.3 is 24.4 Å². The van der Waals surface area contributed by atoms with Crippen molar-refractivity contribution in [1.29, 1.82) is 0 Å². The highest BCUT2D eigenvalue weighted by molar-refractivity contribution is 6.30. The fourth-order valence-electron chi connectivity index (χ4n) is 3.33. The van der Waals surface area contributed by atoms with Gasteiger partial charge in [-0.05, 0) is 12.1 Å². The van der Waals surface area contributed by atoms with Gasteiger partial charge >= 0.3 is 0 Å². The van der Waals surface area contributed by atoms with E-state index in [2.05, 4.69) is 0 Å². The Morgan fingerprint density at radius 1 is 1.15 bits per heavy atom. The lowest BCUT2D eigenvalue weighted by molar-refractivity contribution is -0.0948. The molecular formula is C18H25ClFNO5. The van der Waals surface area contributed by atoms with Crippen LogP contribution in [0.15, 0.2) is 18.2 Å². The van der Waals surface area contributed by atoms with E-state index < -0.39 is 17.0 Å². The van der Waals surface area contributed by atoms with Crippen LogP contribution < -0.4 is 4.74 Å². The molecule has 146 valence electrons. The van der Waals surface area contributed by atoms with Crippen molar-refractivity contribution in [3.8, 4) is 5.75 Å². The van der Waals surface area contributed by atoms with Crippen molar-refractivity contribution in [2.45, 2.75) is 24.0 Å². The van der Waals surface area contributed by atoms with Crippen molar-refractivity contribution in [3.05, 3.63) is 29.0 Å². The van der Waals surface area contributed by atoms with Crippen molar-refractivity contribution in [1.82, 2.24) is 4.90 Å². The molecule has 1 unspecified atom stereocenters. The summed E-state index contributed by atoms with van der Waals surface area (Å²) in [5.41, 5.74) is -2.05. The Bertz CT molecular complexity index is 613. The molecule has 0 saturated carbocycles. The van der Waals surface area contributed by atoms with Crippen LogP contribution >= 0.6 is 11.6 Å². The molecule has 1 aromatic rings. The first-order valence-electron chi connectivity index (χ1n) is 8.78. The minimum absolute atomic E-state index is 0.0208. The second-order valence-corrected chi connectivity index (χ2v) is 7.60. The van der Waals surface area contributed by atoms with Crippen molar-refractivity contribution in [3.63, 3.8) is 0 Å². The van der Waals surface area contributed by atoms with E-state index in [0.29, 0.717) is 58.0 Å². The lowest BCUT2D eigenvalue weighted by Gasteiger charge is -2.38. The number of rotatable bonds is 5. The lowest BCUT2D eigenvalue weighted by Crippen LogP contribution is -2.53. The first kappa shape index (κ1) is 19.8. The average molecular weight is 390 g/mol. The van der Waals surface area contributed by atoms with Gasteiger partial charge in [0.15, 0.2) is 0 Å². The molecule has 0 aliphatic carbocycles. The summed E-state index contributed by atoms with van der Waals surface area (Å²) in [7, 11) is 0. The van der Waals surface area contributed by atoms with Crippen LogP contribution in [0, 0.1) is 5.82 Å². The number of ether oxygens (including phenoxy) is 3. The molecule has 3 rings (SSSR count). The normalized spacial score (nSPS) is 27.1. The van der Waals surface area contributed by atoms with E-state index in [1.165, 1.54) is 18.2 Å². The van der Waals surface area contributed by atoms with Gasteiger partial charge in [-0.2, -0.15) is 0 Å². The molecule has 1 aromatic carbocycles. The molecule has 8 heteroatoms. The number of benzene rings is 1. The molecule has 2 saturated heterocycles. The number of nitrogens with zero attached hydrogens (tertiary/aromatic N) is 1. The molecule has 6 nitrogen and oxygen atoms in total. The van der Waals surface area contributed by atoms with Crippen molar-refractivity contribution in [2.75, 3.05) is 52.7 Å². The predicted octanol–water partition coefficient (Wildman–Crippen LogP) is 1.46. The van der Waals surface area contributed by atoms with E-state index in [0.717, 1.165) is 0 Å². The highest BCUT2D eigenvalue weighted by atomic mass is 35.5. The van der Waals surface area contributed by atoms with E-state index in [9.17, 15) is 14.6 Å². The molecule has 2 fully saturated rings. The fourth-order valence-corrected chi connectivity index (χ4v) is 3.50. The van der Waals surface area contributed by atoms with E-state index in [4.69, 9.17) is 25.8 Å². The number of hydrogen-bond acceptors (Lipinski definition) is 6. The summed E-state index contributed by atoms with van der Waals surface area (Å²) in [4.78, 5) is 2.00. The third kappa shape index (κ3) is 5.28. The molecule has 2 aliphatic heterocycles. The second kappa shape index (κ2) is 8.37. The molecule has 2 N–H and O–H groups in total. The van der Waals surface area contributed by atoms with Gasteiger partial charge in [-0.25, -0.2) is 4.39 Å². The minimum atomic E-state index is -1.24. The van der Waals surface area contributed by atoms with Crippen LogP contribution in [0.5, 0.6) is 5.75 Å². The Hall–Kier alpha value is -0.960. The maximum Gasteiger partial charge on any atom is 0.142 e. The van der Waals surface area contributed by atoms with Crippen LogP contribution in [0.1, 0.15) is 12.8 Å². The summed E-state index contributed by atoms with van der Waals surface area (Å²) in [6.07, 6.45) is 1.15. The van der Waals surface area contributed by atoms with Gasteiger partial charge in [-0.1, -0.05) is 11.6 Å². The molecule has 1 atom stereocenters. The standard InChI is InChI=1S/C18H25ClFNO5/c19-15-9-14(1-2-16(15)20)26-13-18(23)11-21(5-8-25-12-18)10-17(22)3-6-24-7-4-17/h1-2,9,22-23H,3-8,10-13H2. The Balaban J connectivity index is 1.60. The molecular weight excluding hydrogens is 365 g/mol. The van der Waals surface area contributed by atoms with Gasteiger partial charge in [0.2, 0.25) is 0 Å². The molecule has 0 radical (unpaired) electrons. The van der Waals surface area contributed by atoms with Gasteiger partial charge in [0.1, 0.15) is 23.8 Å². The molecule has 0 aromatic heterocycles. The Morgan fingerprint density at radius 3 is 2.65 bits per heavy atom. The summed E-state index contributed by atoms with van der Waals surface area (Å²) >= 11 is 5.75. The van der Waals surface area contributed by atoms with Crippen LogP contribution in [-0.2, 0) is 9.47 Å². The third-order valence-corrected chi connectivity index (χ3v) is 5.07. The molecule has 2 heterocycles. The summed E-state index contributed by atoms with van der Waals surface area (Å²) in [6.45, 7) is 3.03. The smallest absolute Gasteiger partial charge is 0.142 e. The van der Waals surface area contributed by atoms with Gasteiger partial charge in [0.25, 0.3) is 0 Å². The highest BCUT2D eigenvalue weighted by Crippen LogP contribution is 2.25. The SMILES string of the molecule is OC1(CN2CCOCC(O)(COc3ccc(F)c(Cl)c3)C2)CCOCC1. The summed E-state index contributed by atoms with van der Waals surface area (Å²) in [5, 5.41) is 21.6. The number of aliphatic hydroxyl groups is 2. The van der Waals surface area contributed by atoms with Gasteiger partial charge in [0, 0.05) is 51.8 Å². The summed E-state index contributed by atoms with van der Waals surface area (Å²) < 4.78 is 29.7. The predicted molar refractivity (Wildman–Crippen MR) is 94.1 cm³/mol. The van der Waals surface area contributed by atoms with Crippen LogP contribution in [0.25, 0.3) is 0 Å². The van der Waals surface area contributed by atoms with Crippen molar-refractivity contribution < 1.29 is 28.8 Å². The van der Waals surface area contributed by atoms with Crippen LogP contribution in [0.3, 0.4) is 0 Å². The van der Waals surface area contributed by atoms with E-state index in [-0.39, 0.29) is 18.2 Å². The Morgan fingerprint density at radius 2 is 1.92 bits per heavy atom. The van der Waals surface area contributed by atoms with Crippen LogP contribution in [0.2, 0.25) is 5.02 Å². The second-order valence-electron chi connectivity index (χ2n) is 7.19. The minimum Gasteiger partial charge on any atom is -0.490 e. The van der Waals surface area contributed by atoms with Crippen molar-refractivity contribution in [2.24, 2.45) is 0 Å². The zero-order valence-electron chi connectivity index (χ0n) is 14.6. The number of hydrogen-bond donors (Lipinski definition) is 2. The lowest BCUT2D eigenvalue weighted by atomic mass is 9.93. The van der Waals surface area contributed by atoms with Crippen LogP contribution in [-0.4, -0.2) is 79.0 Å². The fraction of sp³-hybridized carbons (Fsp3) is 0.667. The van der Waals surface area contributed by atoms with Gasteiger partial charge in [-0.15, -0.1) is 0 Å².